The van der Waals surface area contributed by atoms with Crippen molar-refractivity contribution in [2.75, 3.05) is 26.9 Å². The SMILES string of the molecule is COCCOCCc1c(C)c(C)c(C)c2cc3ccccc3cc12. The molecule has 2 heteroatoms. The van der Waals surface area contributed by atoms with Gasteiger partial charge >= 0.3 is 0 Å². The average molecular weight is 322 g/mol. The van der Waals surface area contributed by atoms with Crippen molar-refractivity contribution in [2.24, 2.45) is 0 Å². The summed E-state index contributed by atoms with van der Waals surface area (Å²) in [6.45, 7) is 8.74. The molecule has 0 aliphatic rings. The highest BCUT2D eigenvalue weighted by atomic mass is 16.5. The summed E-state index contributed by atoms with van der Waals surface area (Å²) in [7, 11) is 1.70. The number of hydrogen-bond acceptors (Lipinski definition) is 2. The van der Waals surface area contributed by atoms with Crippen LogP contribution in [-0.4, -0.2) is 26.9 Å². The third-order valence-corrected chi connectivity index (χ3v) is 5.12. The second kappa shape index (κ2) is 7.33. The molecular weight excluding hydrogens is 296 g/mol. The van der Waals surface area contributed by atoms with E-state index in [0.717, 1.165) is 13.0 Å². The Kier molecular flexibility index (Phi) is 5.17. The molecule has 0 heterocycles. The number of methoxy groups -OCH3 is 1. The summed E-state index contributed by atoms with van der Waals surface area (Å²) in [4.78, 5) is 0. The summed E-state index contributed by atoms with van der Waals surface area (Å²) in [5.41, 5.74) is 5.59. The van der Waals surface area contributed by atoms with Gasteiger partial charge in [-0.05, 0) is 83.1 Å². The first kappa shape index (κ1) is 16.9. The number of rotatable bonds is 6. The minimum absolute atomic E-state index is 0.650. The van der Waals surface area contributed by atoms with E-state index in [0.29, 0.717) is 13.2 Å². The van der Waals surface area contributed by atoms with Gasteiger partial charge in [0.05, 0.1) is 19.8 Å². The average Bonchev–Trinajstić information content (AvgIpc) is 2.61. The Morgan fingerprint density at radius 1 is 0.750 bits per heavy atom. The fraction of sp³-hybridized carbons (Fsp3) is 0.364. The first-order chi connectivity index (χ1) is 11.6. The topological polar surface area (TPSA) is 18.5 Å². The molecule has 0 aliphatic carbocycles. The van der Waals surface area contributed by atoms with Crippen molar-refractivity contribution in [3.05, 3.63) is 58.7 Å². The molecule has 126 valence electrons. The molecule has 3 rings (SSSR count). The van der Waals surface area contributed by atoms with E-state index >= 15 is 0 Å². The Hall–Kier alpha value is -1.90. The van der Waals surface area contributed by atoms with Gasteiger partial charge in [-0.15, -0.1) is 0 Å². The van der Waals surface area contributed by atoms with Crippen LogP contribution >= 0.6 is 0 Å². The highest BCUT2D eigenvalue weighted by molar-refractivity contribution is 6.02. The van der Waals surface area contributed by atoms with Gasteiger partial charge in [0.25, 0.3) is 0 Å². The molecule has 3 aromatic carbocycles. The molecule has 0 aromatic heterocycles. The van der Waals surface area contributed by atoms with Crippen molar-refractivity contribution in [2.45, 2.75) is 27.2 Å². The van der Waals surface area contributed by atoms with E-state index in [1.54, 1.807) is 7.11 Å². The molecule has 0 spiro atoms. The molecule has 3 aromatic rings. The maximum Gasteiger partial charge on any atom is 0.0700 e. The van der Waals surface area contributed by atoms with E-state index in [4.69, 9.17) is 9.47 Å². The molecule has 24 heavy (non-hydrogen) atoms. The van der Waals surface area contributed by atoms with E-state index in [1.807, 2.05) is 0 Å². The van der Waals surface area contributed by atoms with Gasteiger partial charge in [0.1, 0.15) is 0 Å². The summed E-state index contributed by atoms with van der Waals surface area (Å²) in [6, 6.07) is 13.3. The van der Waals surface area contributed by atoms with Crippen molar-refractivity contribution in [1.82, 2.24) is 0 Å². The zero-order valence-electron chi connectivity index (χ0n) is 15.1. The highest BCUT2D eigenvalue weighted by Gasteiger charge is 2.12. The predicted octanol–water partition coefficient (Wildman–Crippen LogP) is 5.12. The highest BCUT2D eigenvalue weighted by Crippen LogP contribution is 2.33. The number of aryl methyl sites for hydroxylation is 1. The van der Waals surface area contributed by atoms with E-state index in [2.05, 4.69) is 57.2 Å². The molecule has 0 saturated heterocycles. The lowest BCUT2D eigenvalue weighted by molar-refractivity contribution is 0.0723. The van der Waals surface area contributed by atoms with Crippen molar-refractivity contribution in [3.8, 4) is 0 Å². The Morgan fingerprint density at radius 3 is 2.08 bits per heavy atom. The summed E-state index contributed by atoms with van der Waals surface area (Å²) in [6.07, 6.45) is 0.936. The molecule has 0 N–H and O–H groups in total. The summed E-state index contributed by atoms with van der Waals surface area (Å²) in [5, 5.41) is 5.33. The number of hydrogen-bond donors (Lipinski definition) is 0. The maximum atomic E-state index is 5.71. The lowest BCUT2D eigenvalue weighted by atomic mass is 9.88. The Balaban J connectivity index is 2.07. The molecular formula is C22H26O2. The predicted molar refractivity (Wildman–Crippen MR) is 102 cm³/mol. The zero-order chi connectivity index (χ0) is 17.1. The van der Waals surface area contributed by atoms with E-state index in [-0.39, 0.29) is 0 Å². The number of ether oxygens (including phenoxy) is 2. The first-order valence-corrected chi connectivity index (χ1v) is 8.61. The first-order valence-electron chi connectivity index (χ1n) is 8.61. The summed E-state index contributed by atoms with van der Waals surface area (Å²) in [5.74, 6) is 0. The molecule has 2 nitrogen and oxygen atoms in total. The van der Waals surface area contributed by atoms with E-state index < -0.39 is 0 Å². The molecule has 0 fully saturated rings. The van der Waals surface area contributed by atoms with Crippen LogP contribution in [0.2, 0.25) is 0 Å². The van der Waals surface area contributed by atoms with Crippen LogP contribution in [0.1, 0.15) is 22.3 Å². The third-order valence-electron chi connectivity index (χ3n) is 5.12. The molecule has 0 saturated carbocycles. The van der Waals surface area contributed by atoms with Gasteiger partial charge in [-0.3, -0.25) is 0 Å². The van der Waals surface area contributed by atoms with E-state index in [1.165, 1.54) is 43.8 Å². The van der Waals surface area contributed by atoms with Crippen LogP contribution in [0.25, 0.3) is 21.5 Å². The molecule has 0 amide bonds. The van der Waals surface area contributed by atoms with E-state index in [9.17, 15) is 0 Å². The van der Waals surface area contributed by atoms with Gasteiger partial charge in [-0.25, -0.2) is 0 Å². The maximum absolute atomic E-state index is 5.71. The van der Waals surface area contributed by atoms with Crippen molar-refractivity contribution in [1.29, 1.82) is 0 Å². The normalized spacial score (nSPS) is 11.5. The van der Waals surface area contributed by atoms with Gasteiger partial charge in [0.15, 0.2) is 0 Å². The zero-order valence-corrected chi connectivity index (χ0v) is 15.1. The monoisotopic (exact) mass is 322 g/mol. The smallest absolute Gasteiger partial charge is 0.0700 e. The van der Waals surface area contributed by atoms with Crippen LogP contribution < -0.4 is 0 Å². The second-order valence-corrected chi connectivity index (χ2v) is 6.45. The lowest BCUT2D eigenvalue weighted by Gasteiger charge is -2.18. The van der Waals surface area contributed by atoms with Crippen molar-refractivity contribution < 1.29 is 9.47 Å². The quantitative estimate of drug-likeness (QED) is 0.463. The van der Waals surface area contributed by atoms with Crippen LogP contribution in [0, 0.1) is 20.8 Å². The summed E-state index contributed by atoms with van der Waals surface area (Å²) < 4.78 is 10.8. The van der Waals surface area contributed by atoms with Crippen LogP contribution in [-0.2, 0) is 15.9 Å². The second-order valence-electron chi connectivity index (χ2n) is 6.45. The Labute approximate surface area is 144 Å². The van der Waals surface area contributed by atoms with Crippen LogP contribution in [0.5, 0.6) is 0 Å². The molecule has 0 unspecified atom stereocenters. The fourth-order valence-corrected chi connectivity index (χ4v) is 3.45. The van der Waals surface area contributed by atoms with Gasteiger partial charge in [0.2, 0.25) is 0 Å². The van der Waals surface area contributed by atoms with Crippen LogP contribution in [0.4, 0.5) is 0 Å². The number of fused-ring (bicyclic) bond motifs is 2. The molecule has 0 atom stereocenters. The van der Waals surface area contributed by atoms with Gasteiger partial charge in [-0.1, -0.05) is 24.3 Å². The van der Waals surface area contributed by atoms with Crippen LogP contribution in [0.3, 0.4) is 0 Å². The van der Waals surface area contributed by atoms with Crippen molar-refractivity contribution >= 4 is 21.5 Å². The largest absolute Gasteiger partial charge is 0.382 e. The Bertz CT molecular complexity index is 865. The fourth-order valence-electron chi connectivity index (χ4n) is 3.45. The van der Waals surface area contributed by atoms with Gasteiger partial charge in [0, 0.05) is 7.11 Å². The standard InChI is InChI=1S/C22H26O2/c1-15-16(2)20(9-10-24-12-11-23-4)22-14-19-8-6-5-7-18(19)13-21(22)17(15)3/h5-8,13-14H,9-12H2,1-4H3. The number of benzene rings is 3. The minimum atomic E-state index is 0.650. The molecule has 0 bridgehead atoms. The Morgan fingerprint density at radius 2 is 1.42 bits per heavy atom. The molecule has 0 radical (unpaired) electrons. The molecule has 0 aliphatic heterocycles. The summed E-state index contributed by atoms with van der Waals surface area (Å²) >= 11 is 0. The van der Waals surface area contributed by atoms with Crippen molar-refractivity contribution in [3.63, 3.8) is 0 Å². The van der Waals surface area contributed by atoms with Gasteiger partial charge < -0.3 is 9.47 Å². The lowest BCUT2D eigenvalue weighted by Crippen LogP contribution is -2.07. The third kappa shape index (κ3) is 3.17. The minimum Gasteiger partial charge on any atom is -0.382 e. The van der Waals surface area contributed by atoms with Gasteiger partial charge in [-0.2, -0.15) is 0 Å². The van der Waals surface area contributed by atoms with Crippen LogP contribution in [0.15, 0.2) is 36.4 Å².